The molecule has 0 aliphatic carbocycles. The van der Waals surface area contributed by atoms with Crippen molar-refractivity contribution >= 4 is 31.5 Å². The van der Waals surface area contributed by atoms with Crippen molar-refractivity contribution in [2.24, 2.45) is 0 Å². The third-order valence-corrected chi connectivity index (χ3v) is 10.8. The first-order valence-corrected chi connectivity index (χ1v) is 13.4. The van der Waals surface area contributed by atoms with Crippen LogP contribution in [0.4, 0.5) is 8.78 Å². The number of halogens is 4. The number of nitrogens with one attached hydrogen (secondary N) is 1. The Morgan fingerprint density at radius 3 is 1.93 bits per heavy atom. The predicted octanol–water partition coefficient (Wildman–Crippen LogP) is 7.13. The molecule has 3 nitrogen and oxygen atoms in total. The van der Waals surface area contributed by atoms with E-state index in [0.29, 0.717) is 40.0 Å². The van der Waals surface area contributed by atoms with Crippen LogP contribution in [0.2, 0.25) is 28.2 Å². The molecule has 2 aromatic rings. The zero-order valence-electron chi connectivity index (χ0n) is 17.8. The Morgan fingerprint density at radius 2 is 1.47 bits per heavy atom. The molecule has 2 aromatic carbocycles. The van der Waals surface area contributed by atoms with Crippen LogP contribution in [0.25, 0.3) is 0 Å². The molecular weight excluding hydrogens is 447 g/mol. The molecule has 0 radical (unpaired) electrons. The van der Waals surface area contributed by atoms with E-state index in [1.54, 1.807) is 19.2 Å². The summed E-state index contributed by atoms with van der Waals surface area (Å²) in [6.45, 7) is 7.14. The van der Waals surface area contributed by atoms with Crippen LogP contribution in [0.5, 0.6) is 5.75 Å². The molecule has 0 bridgehead atoms. The van der Waals surface area contributed by atoms with Crippen molar-refractivity contribution < 1.29 is 17.9 Å². The number of ether oxygens (including phenoxy) is 1. The number of benzene rings is 2. The molecule has 0 amide bonds. The number of rotatable bonds is 11. The highest BCUT2D eigenvalue weighted by atomic mass is 35.5. The zero-order valence-corrected chi connectivity index (χ0v) is 20.3. The molecule has 0 saturated carbocycles. The van der Waals surface area contributed by atoms with Crippen LogP contribution in [-0.4, -0.2) is 22.0 Å². The average molecular weight is 476 g/mol. The first kappa shape index (κ1) is 25.1. The smallest absolute Gasteiger partial charge is 0.192 e. The van der Waals surface area contributed by atoms with E-state index in [2.05, 4.69) is 26.1 Å². The molecule has 166 valence electrons. The molecule has 1 N–H and O–H groups in total. The summed E-state index contributed by atoms with van der Waals surface area (Å²) in [5.74, 6) is -0.633. The van der Waals surface area contributed by atoms with E-state index in [4.69, 9.17) is 32.4 Å². The van der Waals surface area contributed by atoms with Crippen molar-refractivity contribution in [1.29, 1.82) is 0 Å². The Kier molecular flexibility index (Phi) is 9.56. The topological polar surface area (TPSA) is 30.5 Å². The van der Waals surface area contributed by atoms with Crippen molar-refractivity contribution in [1.82, 2.24) is 5.32 Å². The van der Waals surface area contributed by atoms with Gasteiger partial charge in [0.05, 0.1) is 23.3 Å². The highest BCUT2D eigenvalue weighted by Crippen LogP contribution is 2.39. The van der Waals surface area contributed by atoms with E-state index in [-0.39, 0.29) is 6.10 Å². The van der Waals surface area contributed by atoms with Gasteiger partial charge < -0.3 is 14.5 Å². The van der Waals surface area contributed by atoms with Gasteiger partial charge >= 0.3 is 0 Å². The van der Waals surface area contributed by atoms with Gasteiger partial charge in [-0.1, -0.05) is 44.0 Å². The summed E-state index contributed by atoms with van der Waals surface area (Å²) in [5.41, 5.74) is 1.22. The van der Waals surface area contributed by atoms with Gasteiger partial charge in [0.1, 0.15) is 17.4 Å². The van der Waals surface area contributed by atoms with Crippen molar-refractivity contribution in [3.63, 3.8) is 0 Å². The van der Waals surface area contributed by atoms with E-state index in [1.165, 1.54) is 12.1 Å². The van der Waals surface area contributed by atoms with Gasteiger partial charge in [0.15, 0.2) is 8.32 Å². The Labute approximate surface area is 188 Å². The maximum atomic E-state index is 13.5. The van der Waals surface area contributed by atoms with Gasteiger partial charge in [0.25, 0.3) is 0 Å². The van der Waals surface area contributed by atoms with Crippen LogP contribution in [0.15, 0.2) is 30.3 Å². The molecule has 0 fully saturated rings. The Morgan fingerprint density at radius 1 is 0.933 bits per heavy atom. The fourth-order valence-electron chi connectivity index (χ4n) is 3.55. The summed E-state index contributed by atoms with van der Waals surface area (Å²) in [4.78, 5) is 0. The van der Waals surface area contributed by atoms with E-state index < -0.39 is 20.0 Å². The summed E-state index contributed by atoms with van der Waals surface area (Å²) in [7, 11) is -0.433. The maximum Gasteiger partial charge on any atom is 0.192 e. The third-order valence-electron chi connectivity index (χ3n) is 5.52. The molecule has 0 saturated heterocycles. The second-order valence-corrected chi connectivity index (χ2v) is 12.8. The van der Waals surface area contributed by atoms with E-state index in [1.807, 2.05) is 0 Å². The highest BCUT2D eigenvalue weighted by Gasteiger charge is 2.34. The summed E-state index contributed by atoms with van der Waals surface area (Å²) in [5, 5.41) is 4.18. The molecule has 0 aliphatic heterocycles. The van der Waals surface area contributed by atoms with Gasteiger partial charge in [-0.2, -0.15) is 0 Å². The molecule has 30 heavy (non-hydrogen) atoms. The molecule has 8 heteroatoms. The normalized spacial score (nSPS) is 12.8. The van der Waals surface area contributed by atoms with Crippen LogP contribution in [0.1, 0.15) is 38.0 Å². The van der Waals surface area contributed by atoms with Crippen molar-refractivity contribution in [2.45, 2.75) is 51.6 Å². The van der Waals surface area contributed by atoms with Gasteiger partial charge in [-0.3, -0.25) is 0 Å². The SMILES string of the molecule is CC[Si](CC)(CC)OC(CNCc1cc(F)cc(F)c1)c1c(Cl)cc(OC)cc1Cl. The van der Waals surface area contributed by atoms with Gasteiger partial charge in [0, 0.05) is 24.7 Å². The minimum atomic E-state index is -1.99. The van der Waals surface area contributed by atoms with E-state index in [0.717, 1.165) is 24.2 Å². The molecule has 1 atom stereocenters. The van der Waals surface area contributed by atoms with Crippen molar-refractivity contribution in [2.75, 3.05) is 13.7 Å². The van der Waals surface area contributed by atoms with Gasteiger partial charge in [-0.15, -0.1) is 0 Å². The average Bonchev–Trinajstić information content (AvgIpc) is 2.70. The minimum Gasteiger partial charge on any atom is -0.497 e. The monoisotopic (exact) mass is 475 g/mol. The second-order valence-electron chi connectivity index (χ2n) is 7.26. The second kappa shape index (κ2) is 11.4. The van der Waals surface area contributed by atoms with Crippen molar-refractivity contribution in [3.05, 3.63) is 63.1 Å². The molecule has 0 aromatic heterocycles. The van der Waals surface area contributed by atoms with Gasteiger partial charge in [-0.05, 0) is 48.0 Å². The Hall–Kier alpha value is -1.18. The molecule has 2 rings (SSSR count). The molecular formula is C22H29Cl2F2NO2Si. The van der Waals surface area contributed by atoms with E-state index >= 15 is 0 Å². The standard InChI is InChI=1S/C22H29Cl2F2NO2Si/c1-5-30(6-2,7-3)29-21(22-19(23)11-18(28-4)12-20(22)24)14-27-13-15-8-16(25)10-17(26)9-15/h8-12,21,27H,5-7,13-14H2,1-4H3. The summed E-state index contributed by atoms with van der Waals surface area (Å²) < 4.78 is 38.9. The highest BCUT2D eigenvalue weighted by molar-refractivity contribution is 6.73. The fourth-order valence-corrected chi connectivity index (χ4v) is 7.07. The predicted molar refractivity (Wildman–Crippen MR) is 122 cm³/mol. The molecule has 0 heterocycles. The summed E-state index contributed by atoms with van der Waals surface area (Å²) >= 11 is 13.1. The number of hydrogen-bond donors (Lipinski definition) is 1. The quantitative estimate of drug-likeness (QED) is 0.350. The Balaban J connectivity index is 2.29. The van der Waals surface area contributed by atoms with Crippen LogP contribution in [0.3, 0.4) is 0 Å². The summed E-state index contributed by atoms with van der Waals surface area (Å²) in [6, 6.07) is 9.81. The first-order chi connectivity index (χ1) is 14.3. The minimum absolute atomic E-state index is 0.291. The van der Waals surface area contributed by atoms with Crippen LogP contribution in [0, 0.1) is 11.6 Å². The number of methoxy groups -OCH3 is 1. The van der Waals surface area contributed by atoms with E-state index in [9.17, 15) is 8.78 Å². The molecule has 0 aliphatic rings. The maximum absolute atomic E-state index is 13.5. The lowest BCUT2D eigenvalue weighted by atomic mass is 10.1. The zero-order chi connectivity index (χ0) is 22.3. The van der Waals surface area contributed by atoms with Crippen LogP contribution >= 0.6 is 23.2 Å². The lowest BCUT2D eigenvalue weighted by Crippen LogP contribution is -2.40. The summed E-state index contributed by atoms with van der Waals surface area (Å²) in [6.07, 6.45) is -0.388. The Bertz CT molecular complexity index is 798. The lowest BCUT2D eigenvalue weighted by molar-refractivity contribution is 0.186. The van der Waals surface area contributed by atoms with Gasteiger partial charge in [-0.25, -0.2) is 8.78 Å². The number of hydrogen-bond acceptors (Lipinski definition) is 3. The fraction of sp³-hybridized carbons (Fsp3) is 0.455. The molecule has 0 spiro atoms. The van der Waals surface area contributed by atoms with Crippen LogP contribution < -0.4 is 10.1 Å². The van der Waals surface area contributed by atoms with Crippen molar-refractivity contribution in [3.8, 4) is 5.75 Å². The molecule has 1 unspecified atom stereocenters. The first-order valence-electron chi connectivity index (χ1n) is 10.1. The lowest BCUT2D eigenvalue weighted by Gasteiger charge is -2.34. The van der Waals surface area contributed by atoms with Gasteiger partial charge in [0.2, 0.25) is 0 Å². The largest absolute Gasteiger partial charge is 0.497 e. The third kappa shape index (κ3) is 6.41. The van der Waals surface area contributed by atoms with Crippen LogP contribution in [-0.2, 0) is 11.0 Å².